The van der Waals surface area contributed by atoms with Crippen molar-refractivity contribution < 1.29 is 14.7 Å². The number of rotatable bonds is 5. The summed E-state index contributed by atoms with van der Waals surface area (Å²) in [4.78, 5) is 25.4. The molecule has 0 spiro atoms. The lowest BCUT2D eigenvalue weighted by Crippen LogP contribution is -2.53. The summed E-state index contributed by atoms with van der Waals surface area (Å²) >= 11 is 0. The number of hydrogen-bond donors (Lipinski definition) is 2. The molecule has 0 aromatic heterocycles. The van der Waals surface area contributed by atoms with Crippen LogP contribution in [0.5, 0.6) is 0 Å². The molecule has 2 rings (SSSR count). The molecule has 114 valence electrons. The topological polar surface area (TPSA) is 83.6 Å². The normalized spacial score (nSPS) is 19.0. The third-order valence-electron chi connectivity index (χ3n) is 4.00. The maximum absolute atomic E-state index is 12.5. The van der Waals surface area contributed by atoms with Crippen LogP contribution in [0.4, 0.5) is 0 Å². The molecule has 0 aliphatic carbocycles. The summed E-state index contributed by atoms with van der Waals surface area (Å²) in [6.07, 6.45) is 2.78. The van der Waals surface area contributed by atoms with Crippen LogP contribution in [-0.2, 0) is 22.6 Å². The highest BCUT2D eigenvalue weighted by Gasteiger charge is 2.36. The number of aliphatic carboxylic acids is 1. The van der Waals surface area contributed by atoms with E-state index in [2.05, 4.69) is 0 Å². The standard InChI is InChI=1S/C16H22N2O3/c1-2-3-8-13(17)15(19)18-10-12-7-5-4-6-11(12)9-14(18)16(20)21/h4-7,13-14H,2-3,8-10,17H2,1H3,(H,20,21)/t13-,14?/m0/s1. The molecule has 5 heteroatoms. The Morgan fingerprint density at radius 2 is 2.05 bits per heavy atom. The van der Waals surface area contributed by atoms with Gasteiger partial charge < -0.3 is 15.7 Å². The Morgan fingerprint density at radius 1 is 1.38 bits per heavy atom. The Kier molecular flexibility index (Phi) is 4.96. The Hall–Kier alpha value is -1.88. The second-order valence-corrected chi connectivity index (χ2v) is 5.54. The zero-order chi connectivity index (χ0) is 15.4. The molecule has 1 aromatic carbocycles. The number of nitrogens with two attached hydrogens (primary N) is 1. The molecule has 5 nitrogen and oxygen atoms in total. The Bertz CT molecular complexity index is 530. The number of carboxylic acids is 1. The molecule has 1 aliphatic heterocycles. The maximum Gasteiger partial charge on any atom is 0.326 e. The summed E-state index contributed by atoms with van der Waals surface area (Å²) in [6.45, 7) is 2.36. The smallest absolute Gasteiger partial charge is 0.326 e. The minimum absolute atomic E-state index is 0.259. The monoisotopic (exact) mass is 290 g/mol. The van der Waals surface area contributed by atoms with E-state index in [1.54, 1.807) is 0 Å². The van der Waals surface area contributed by atoms with Crippen molar-refractivity contribution in [2.75, 3.05) is 0 Å². The number of amides is 1. The summed E-state index contributed by atoms with van der Waals surface area (Å²) in [5.41, 5.74) is 7.93. The minimum atomic E-state index is -0.972. The van der Waals surface area contributed by atoms with Crippen LogP contribution in [0.15, 0.2) is 24.3 Å². The second-order valence-electron chi connectivity index (χ2n) is 5.54. The van der Waals surface area contributed by atoms with Crippen molar-refractivity contribution in [2.45, 2.75) is 51.2 Å². The Balaban J connectivity index is 2.20. The number of fused-ring (bicyclic) bond motifs is 1. The van der Waals surface area contributed by atoms with Crippen molar-refractivity contribution in [1.29, 1.82) is 0 Å². The zero-order valence-corrected chi connectivity index (χ0v) is 12.3. The second kappa shape index (κ2) is 6.72. The van der Waals surface area contributed by atoms with Gasteiger partial charge in [-0.15, -0.1) is 0 Å². The van der Waals surface area contributed by atoms with E-state index in [0.29, 0.717) is 19.4 Å². The summed E-state index contributed by atoms with van der Waals surface area (Å²) in [6, 6.07) is 6.22. The molecular formula is C16H22N2O3. The van der Waals surface area contributed by atoms with Gasteiger partial charge in [0.05, 0.1) is 6.04 Å². The zero-order valence-electron chi connectivity index (χ0n) is 12.3. The summed E-state index contributed by atoms with van der Waals surface area (Å²) in [5.74, 6) is -1.23. The molecule has 21 heavy (non-hydrogen) atoms. The highest BCUT2D eigenvalue weighted by molar-refractivity contribution is 5.87. The number of unbranched alkanes of at least 4 members (excludes halogenated alkanes) is 1. The van der Waals surface area contributed by atoms with E-state index >= 15 is 0 Å². The van der Waals surface area contributed by atoms with E-state index < -0.39 is 18.1 Å². The van der Waals surface area contributed by atoms with Gasteiger partial charge in [-0.25, -0.2) is 4.79 Å². The largest absolute Gasteiger partial charge is 0.480 e. The first-order valence-electron chi connectivity index (χ1n) is 7.40. The van der Waals surface area contributed by atoms with Gasteiger partial charge in [-0.3, -0.25) is 4.79 Å². The average Bonchev–Trinajstić information content (AvgIpc) is 2.50. The predicted octanol–water partition coefficient (Wildman–Crippen LogP) is 1.54. The molecule has 1 heterocycles. The number of nitrogens with zero attached hydrogens (tertiary/aromatic N) is 1. The van der Waals surface area contributed by atoms with Crippen molar-refractivity contribution >= 4 is 11.9 Å². The van der Waals surface area contributed by atoms with Gasteiger partial charge in [-0.05, 0) is 17.5 Å². The van der Waals surface area contributed by atoms with E-state index in [9.17, 15) is 14.7 Å². The van der Waals surface area contributed by atoms with E-state index in [0.717, 1.165) is 24.0 Å². The van der Waals surface area contributed by atoms with Crippen molar-refractivity contribution in [3.05, 3.63) is 35.4 Å². The van der Waals surface area contributed by atoms with Gasteiger partial charge >= 0.3 is 5.97 Å². The number of benzene rings is 1. The van der Waals surface area contributed by atoms with Crippen LogP contribution in [0.25, 0.3) is 0 Å². The van der Waals surface area contributed by atoms with Crippen LogP contribution in [0.3, 0.4) is 0 Å². The number of carboxylic acid groups (broad SMARTS) is 1. The molecule has 0 fully saturated rings. The molecule has 1 unspecified atom stereocenters. The lowest BCUT2D eigenvalue weighted by molar-refractivity contribution is -0.152. The van der Waals surface area contributed by atoms with E-state index in [4.69, 9.17) is 5.73 Å². The van der Waals surface area contributed by atoms with Crippen LogP contribution in [0, 0.1) is 0 Å². The summed E-state index contributed by atoms with van der Waals surface area (Å²) < 4.78 is 0. The molecule has 1 aromatic rings. The molecule has 1 aliphatic rings. The first-order chi connectivity index (χ1) is 10.0. The molecule has 0 radical (unpaired) electrons. The quantitative estimate of drug-likeness (QED) is 0.861. The molecule has 3 N–H and O–H groups in total. The van der Waals surface area contributed by atoms with Crippen molar-refractivity contribution in [2.24, 2.45) is 5.73 Å². The average molecular weight is 290 g/mol. The van der Waals surface area contributed by atoms with Gasteiger partial charge in [0.2, 0.25) is 5.91 Å². The van der Waals surface area contributed by atoms with Crippen molar-refractivity contribution in [1.82, 2.24) is 4.90 Å². The molecule has 0 saturated heterocycles. The Labute approximate surface area is 124 Å². The van der Waals surface area contributed by atoms with E-state index in [1.807, 2.05) is 31.2 Å². The van der Waals surface area contributed by atoms with Gasteiger partial charge in [0, 0.05) is 13.0 Å². The number of carbonyl (C=O) groups is 2. The van der Waals surface area contributed by atoms with Crippen molar-refractivity contribution in [3.63, 3.8) is 0 Å². The Morgan fingerprint density at radius 3 is 2.67 bits per heavy atom. The van der Waals surface area contributed by atoms with Gasteiger partial charge in [-0.2, -0.15) is 0 Å². The third kappa shape index (κ3) is 3.42. The summed E-state index contributed by atoms with van der Waals surface area (Å²) in [7, 11) is 0. The van der Waals surface area contributed by atoms with Crippen LogP contribution in [0.1, 0.15) is 37.3 Å². The van der Waals surface area contributed by atoms with Gasteiger partial charge in [0.1, 0.15) is 6.04 Å². The fraction of sp³-hybridized carbons (Fsp3) is 0.500. The summed E-state index contributed by atoms with van der Waals surface area (Å²) in [5, 5.41) is 9.41. The highest BCUT2D eigenvalue weighted by Crippen LogP contribution is 2.24. The molecule has 1 amide bonds. The first kappa shape index (κ1) is 15.5. The number of carbonyl (C=O) groups excluding carboxylic acids is 1. The fourth-order valence-corrected chi connectivity index (χ4v) is 2.74. The van der Waals surface area contributed by atoms with E-state index in [1.165, 1.54) is 4.90 Å². The van der Waals surface area contributed by atoms with Crippen LogP contribution < -0.4 is 5.73 Å². The van der Waals surface area contributed by atoms with Gasteiger partial charge in [-0.1, -0.05) is 44.0 Å². The van der Waals surface area contributed by atoms with Crippen molar-refractivity contribution in [3.8, 4) is 0 Å². The van der Waals surface area contributed by atoms with Gasteiger partial charge in [0.15, 0.2) is 0 Å². The fourth-order valence-electron chi connectivity index (χ4n) is 2.74. The lowest BCUT2D eigenvalue weighted by atomic mass is 9.93. The number of hydrogen-bond acceptors (Lipinski definition) is 3. The van der Waals surface area contributed by atoms with Crippen LogP contribution >= 0.6 is 0 Å². The van der Waals surface area contributed by atoms with Gasteiger partial charge in [0.25, 0.3) is 0 Å². The van der Waals surface area contributed by atoms with Crippen LogP contribution in [-0.4, -0.2) is 34.0 Å². The van der Waals surface area contributed by atoms with Crippen LogP contribution in [0.2, 0.25) is 0 Å². The molecule has 2 atom stereocenters. The molecule has 0 bridgehead atoms. The highest BCUT2D eigenvalue weighted by atomic mass is 16.4. The molecule has 0 saturated carbocycles. The maximum atomic E-state index is 12.5. The molecular weight excluding hydrogens is 268 g/mol. The predicted molar refractivity (Wildman–Crippen MR) is 79.6 cm³/mol. The third-order valence-corrected chi connectivity index (χ3v) is 4.00. The minimum Gasteiger partial charge on any atom is -0.480 e. The SMILES string of the molecule is CCCC[C@H](N)C(=O)N1Cc2ccccc2CC1C(=O)O. The first-order valence-corrected chi connectivity index (χ1v) is 7.40. The van der Waals surface area contributed by atoms with E-state index in [-0.39, 0.29) is 5.91 Å². The lowest BCUT2D eigenvalue weighted by Gasteiger charge is -2.36.